The van der Waals surface area contributed by atoms with Crippen LogP contribution in [0.4, 0.5) is 4.39 Å². The minimum Gasteiger partial charge on any atom is -0.481 e. The number of hydrogen-bond acceptors (Lipinski definition) is 4. The number of likely N-dealkylation sites (tertiary alicyclic amines) is 1. The molecule has 3 aromatic rings. The summed E-state index contributed by atoms with van der Waals surface area (Å²) in [7, 11) is 0. The normalized spacial score (nSPS) is 19.3. The fourth-order valence-corrected chi connectivity index (χ4v) is 4.53. The molecular weight excluding hydrogens is 447 g/mol. The van der Waals surface area contributed by atoms with Gasteiger partial charge in [0.2, 0.25) is 0 Å². The molecule has 1 saturated heterocycles. The number of carboxylic acid groups (broad SMARTS) is 1. The van der Waals surface area contributed by atoms with Gasteiger partial charge in [0.1, 0.15) is 11.6 Å². The Kier molecular flexibility index (Phi) is 6.26. The molecule has 0 aliphatic carbocycles. The molecule has 1 fully saturated rings. The van der Waals surface area contributed by atoms with E-state index in [0.29, 0.717) is 41.2 Å². The van der Waals surface area contributed by atoms with Gasteiger partial charge in [-0.15, -0.1) is 0 Å². The van der Waals surface area contributed by atoms with Gasteiger partial charge in [0, 0.05) is 36.3 Å². The van der Waals surface area contributed by atoms with E-state index >= 15 is 0 Å². The Morgan fingerprint density at radius 1 is 1.21 bits per heavy atom. The number of nitrogens with zero attached hydrogens (tertiary/aromatic N) is 2. The molecule has 0 spiro atoms. The van der Waals surface area contributed by atoms with Crippen molar-refractivity contribution in [1.82, 2.24) is 9.88 Å². The SMILES string of the molecule is CC(Oc1ccc2c(-c3ccc(F)cc3Cl)ccnc2c1)C(=O)N1CCC[C@@](C)(C(=O)O)C1. The van der Waals surface area contributed by atoms with Crippen LogP contribution in [0.1, 0.15) is 26.7 Å². The third-order valence-electron chi connectivity index (χ3n) is 6.12. The minimum atomic E-state index is -0.946. The Hall–Kier alpha value is -3.19. The van der Waals surface area contributed by atoms with Crippen molar-refractivity contribution >= 4 is 34.4 Å². The van der Waals surface area contributed by atoms with Crippen molar-refractivity contribution in [1.29, 1.82) is 0 Å². The monoisotopic (exact) mass is 470 g/mol. The molecule has 1 aliphatic heterocycles. The van der Waals surface area contributed by atoms with Crippen molar-refractivity contribution in [2.24, 2.45) is 5.41 Å². The van der Waals surface area contributed by atoms with Gasteiger partial charge in [-0.05, 0) is 68.7 Å². The van der Waals surface area contributed by atoms with Gasteiger partial charge in [0.15, 0.2) is 6.10 Å². The van der Waals surface area contributed by atoms with Crippen molar-refractivity contribution in [3.8, 4) is 16.9 Å². The van der Waals surface area contributed by atoms with Gasteiger partial charge in [0.25, 0.3) is 5.91 Å². The number of amides is 1. The first-order chi connectivity index (χ1) is 15.7. The van der Waals surface area contributed by atoms with Gasteiger partial charge in [-0.25, -0.2) is 4.39 Å². The zero-order valence-corrected chi connectivity index (χ0v) is 19.1. The lowest BCUT2D eigenvalue weighted by molar-refractivity contribution is -0.155. The number of fused-ring (bicyclic) bond motifs is 1. The fourth-order valence-electron chi connectivity index (χ4n) is 4.26. The lowest BCUT2D eigenvalue weighted by Crippen LogP contribution is -2.51. The molecule has 172 valence electrons. The summed E-state index contributed by atoms with van der Waals surface area (Å²) in [5.74, 6) is -1.08. The summed E-state index contributed by atoms with van der Waals surface area (Å²) in [5, 5.41) is 10.6. The molecule has 1 unspecified atom stereocenters. The Labute approximate surface area is 195 Å². The van der Waals surface area contributed by atoms with Gasteiger partial charge >= 0.3 is 5.97 Å². The van der Waals surface area contributed by atoms with Crippen LogP contribution in [-0.4, -0.2) is 46.1 Å². The molecule has 0 saturated carbocycles. The van der Waals surface area contributed by atoms with Gasteiger partial charge < -0.3 is 14.7 Å². The van der Waals surface area contributed by atoms with Crippen LogP contribution in [0.25, 0.3) is 22.0 Å². The standard InChI is InChI=1S/C25H24ClFN2O4/c1-15(23(30)29-11-3-9-25(2,14-29)24(31)32)33-17-5-7-20-18(8-10-28-22(20)13-17)19-6-4-16(27)12-21(19)26/h4-8,10,12-13,15H,3,9,11,14H2,1-2H3,(H,31,32)/t15?,25-/m1/s1. The summed E-state index contributed by atoms with van der Waals surface area (Å²) in [5.41, 5.74) is 1.19. The summed E-state index contributed by atoms with van der Waals surface area (Å²) in [6, 6.07) is 11.4. The van der Waals surface area contributed by atoms with Crippen molar-refractivity contribution in [2.75, 3.05) is 13.1 Å². The van der Waals surface area contributed by atoms with E-state index in [1.54, 1.807) is 43.1 Å². The maximum absolute atomic E-state index is 13.5. The highest BCUT2D eigenvalue weighted by Gasteiger charge is 2.40. The topological polar surface area (TPSA) is 79.7 Å². The summed E-state index contributed by atoms with van der Waals surface area (Å²) < 4.78 is 19.4. The number of aromatic nitrogens is 1. The highest BCUT2D eigenvalue weighted by Crippen LogP contribution is 2.35. The van der Waals surface area contributed by atoms with E-state index in [0.717, 1.165) is 10.9 Å². The maximum atomic E-state index is 13.5. The van der Waals surface area contributed by atoms with Crippen molar-refractivity contribution < 1.29 is 23.8 Å². The number of halogens is 2. The van der Waals surface area contributed by atoms with Crippen LogP contribution in [-0.2, 0) is 9.59 Å². The quantitative estimate of drug-likeness (QED) is 0.556. The van der Waals surface area contributed by atoms with Crippen LogP contribution in [0.2, 0.25) is 5.02 Å². The van der Waals surface area contributed by atoms with E-state index < -0.39 is 23.3 Å². The second-order valence-electron chi connectivity index (χ2n) is 8.65. The number of pyridine rings is 1. The van der Waals surface area contributed by atoms with Crippen LogP contribution in [0.5, 0.6) is 5.75 Å². The molecule has 8 heteroatoms. The first-order valence-corrected chi connectivity index (χ1v) is 11.1. The number of piperidine rings is 1. The largest absolute Gasteiger partial charge is 0.481 e. The van der Waals surface area contributed by atoms with E-state index in [2.05, 4.69) is 4.98 Å². The molecular formula is C25H24ClFN2O4. The molecule has 4 rings (SSSR count). The van der Waals surface area contributed by atoms with E-state index in [1.165, 1.54) is 12.1 Å². The van der Waals surface area contributed by atoms with E-state index in [4.69, 9.17) is 16.3 Å². The van der Waals surface area contributed by atoms with Crippen LogP contribution in [0.15, 0.2) is 48.7 Å². The molecule has 0 bridgehead atoms. The number of hydrogen-bond donors (Lipinski definition) is 1. The molecule has 33 heavy (non-hydrogen) atoms. The predicted octanol–water partition coefficient (Wildman–Crippen LogP) is 5.17. The summed E-state index contributed by atoms with van der Waals surface area (Å²) in [4.78, 5) is 30.5. The third kappa shape index (κ3) is 4.64. The van der Waals surface area contributed by atoms with Gasteiger partial charge in [-0.3, -0.25) is 14.6 Å². The first kappa shape index (κ1) is 23.0. The Bertz CT molecular complexity index is 1230. The van der Waals surface area contributed by atoms with E-state index in [-0.39, 0.29) is 12.5 Å². The molecule has 1 amide bonds. The highest BCUT2D eigenvalue weighted by molar-refractivity contribution is 6.33. The van der Waals surface area contributed by atoms with Gasteiger partial charge in [0.05, 0.1) is 16.0 Å². The number of carboxylic acids is 1. The number of carbonyl (C=O) groups is 2. The van der Waals surface area contributed by atoms with Crippen LogP contribution >= 0.6 is 11.6 Å². The zero-order valence-electron chi connectivity index (χ0n) is 18.3. The first-order valence-electron chi connectivity index (χ1n) is 10.7. The molecule has 2 atom stereocenters. The molecule has 0 radical (unpaired) electrons. The number of benzene rings is 2. The van der Waals surface area contributed by atoms with Gasteiger partial charge in [-0.2, -0.15) is 0 Å². The smallest absolute Gasteiger partial charge is 0.311 e. The van der Waals surface area contributed by atoms with Crippen molar-refractivity contribution in [3.05, 3.63) is 59.5 Å². The molecule has 6 nitrogen and oxygen atoms in total. The summed E-state index contributed by atoms with van der Waals surface area (Å²) >= 11 is 6.25. The molecule has 1 aromatic heterocycles. The van der Waals surface area contributed by atoms with Crippen LogP contribution in [0, 0.1) is 11.2 Å². The lowest BCUT2D eigenvalue weighted by atomic mass is 9.82. The number of ether oxygens (including phenoxy) is 1. The third-order valence-corrected chi connectivity index (χ3v) is 6.43. The Balaban J connectivity index is 1.55. The average Bonchev–Trinajstić information content (AvgIpc) is 2.78. The molecule has 2 heterocycles. The number of carbonyl (C=O) groups excluding carboxylic acids is 1. The maximum Gasteiger partial charge on any atom is 0.311 e. The fraction of sp³-hybridized carbons (Fsp3) is 0.320. The average molecular weight is 471 g/mol. The predicted molar refractivity (Wildman–Crippen MR) is 124 cm³/mol. The highest BCUT2D eigenvalue weighted by atomic mass is 35.5. The number of rotatable bonds is 5. The lowest BCUT2D eigenvalue weighted by Gasteiger charge is -2.38. The Morgan fingerprint density at radius 2 is 2.00 bits per heavy atom. The summed E-state index contributed by atoms with van der Waals surface area (Å²) in [6.07, 6.45) is 2.03. The summed E-state index contributed by atoms with van der Waals surface area (Å²) in [6.45, 7) is 3.99. The number of aliphatic carboxylic acids is 1. The van der Waals surface area contributed by atoms with Crippen LogP contribution in [0.3, 0.4) is 0 Å². The zero-order chi connectivity index (χ0) is 23.8. The van der Waals surface area contributed by atoms with Crippen LogP contribution < -0.4 is 4.74 Å². The molecule has 1 N–H and O–H groups in total. The Morgan fingerprint density at radius 3 is 2.73 bits per heavy atom. The molecule has 1 aliphatic rings. The van der Waals surface area contributed by atoms with Crippen molar-refractivity contribution in [3.63, 3.8) is 0 Å². The van der Waals surface area contributed by atoms with E-state index in [9.17, 15) is 19.1 Å². The second-order valence-corrected chi connectivity index (χ2v) is 9.06. The van der Waals surface area contributed by atoms with E-state index in [1.807, 2.05) is 12.1 Å². The van der Waals surface area contributed by atoms with Gasteiger partial charge in [-0.1, -0.05) is 11.6 Å². The minimum absolute atomic E-state index is 0.163. The second kappa shape index (κ2) is 8.98. The molecule has 2 aromatic carbocycles. The van der Waals surface area contributed by atoms with Crippen molar-refractivity contribution in [2.45, 2.75) is 32.8 Å².